The van der Waals surface area contributed by atoms with Gasteiger partial charge in [-0.1, -0.05) is 43.5 Å². The highest BCUT2D eigenvalue weighted by Crippen LogP contribution is 2.33. The molecule has 1 saturated heterocycles. The third kappa shape index (κ3) is 4.98. The van der Waals surface area contributed by atoms with Crippen LogP contribution in [0, 0.1) is 5.92 Å². The molecule has 2 aliphatic rings. The van der Waals surface area contributed by atoms with Crippen LogP contribution in [0.3, 0.4) is 0 Å². The lowest BCUT2D eigenvalue weighted by atomic mass is 9.88. The van der Waals surface area contributed by atoms with E-state index in [1.165, 1.54) is 6.42 Å². The Morgan fingerprint density at radius 3 is 2.66 bits per heavy atom. The summed E-state index contributed by atoms with van der Waals surface area (Å²) in [4.78, 5) is 20.0. The molecule has 0 spiro atoms. The Balaban J connectivity index is 0.00000245. The lowest BCUT2D eigenvalue weighted by molar-refractivity contribution is -0.120. The molecule has 6 nitrogen and oxygen atoms in total. The Morgan fingerprint density at radius 2 is 1.84 bits per heavy atom. The fraction of sp³-hybridized carbons (Fsp3) is 0.440. The molecule has 1 saturated carbocycles. The largest absolute Gasteiger partial charge is 0.436 e. The van der Waals surface area contributed by atoms with E-state index in [0.717, 1.165) is 86.3 Å². The zero-order valence-electron chi connectivity index (χ0n) is 18.3. The maximum absolute atomic E-state index is 12.8. The molecule has 0 bridgehead atoms. The fourth-order valence-electron chi connectivity index (χ4n) is 4.73. The van der Waals surface area contributed by atoms with Crippen molar-refractivity contribution < 1.29 is 9.21 Å². The predicted octanol–water partition coefficient (Wildman–Crippen LogP) is 4.84. The van der Waals surface area contributed by atoms with Crippen molar-refractivity contribution >= 4 is 35.1 Å². The Hall–Kier alpha value is -2.41. The number of hydrogen-bond donors (Lipinski definition) is 2. The van der Waals surface area contributed by atoms with Crippen LogP contribution in [0.25, 0.3) is 22.6 Å². The van der Waals surface area contributed by atoms with E-state index in [1.807, 2.05) is 36.4 Å². The lowest BCUT2D eigenvalue weighted by Crippen LogP contribution is -2.42. The molecule has 5 rings (SSSR count). The molecule has 2 N–H and O–H groups in total. The minimum absolute atomic E-state index is 0. The number of nitrogens with zero attached hydrogens (tertiary/aromatic N) is 2. The number of anilines is 1. The van der Waals surface area contributed by atoms with Gasteiger partial charge in [0.1, 0.15) is 5.52 Å². The van der Waals surface area contributed by atoms with Crippen LogP contribution in [0.15, 0.2) is 46.9 Å². The van der Waals surface area contributed by atoms with Crippen molar-refractivity contribution in [1.29, 1.82) is 0 Å². The Bertz CT molecular complexity index is 1060. The number of carbonyl (C=O) groups excluding carboxylic acids is 1. The number of benzene rings is 2. The maximum atomic E-state index is 12.8. The van der Waals surface area contributed by atoms with Crippen molar-refractivity contribution in [2.45, 2.75) is 38.6 Å². The van der Waals surface area contributed by atoms with E-state index in [1.54, 1.807) is 0 Å². The van der Waals surface area contributed by atoms with Crippen molar-refractivity contribution in [3.05, 3.63) is 48.0 Å². The highest BCUT2D eigenvalue weighted by atomic mass is 35.5. The molecule has 7 heteroatoms. The molecule has 1 aromatic heterocycles. The smallest absolute Gasteiger partial charge is 0.229 e. The summed E-state index contributed by atoms with van der Waals surface area (Å²) in [6.07, 6.45) is 5.47. The predicted molar refractivity (Wildman–Crippen MR) is 130 cm³/mol. The number of aromatic nitrogens is 1. The van der Waals surface area contributed by atoms with Gasteiger partial charge in [-0.15, -0.1) is 12.4 Å². The minimum atomic E-state index is 0. The quantitative estimate of drug-likeness (QED) is 0.577. The molecule has 170 valence electrons. The summed E-state index contributed by atoms with van der Waals surface area (Å²) in [5.74, 6) is 0.779. The second-order valence-corrected chi connectivity index (χ2v) is 8.68. The molecule has 0 atom stereocenters. The van der Waals surface area contributed by atoms with E-state index < -0.39 is 0 Å². The second kappa shape index (κ2) is 10.5. The van der Waals surface area contributed by atoms with Gasteiger partial charge in [-0.05, 0) is 31.0 Å². The van der Waals surface area contributed by atoms with Gasteiger partial charge in [0.15, 0.2) is 5.58 Å². The molecular formula is C25H31ClN4O2. The summed E-state index contributed by atoms with van der Waals surface area (Å²) in [5, 5.41) is 6.55. The zero-order valence-corrected chi connectivity index (χ0v) is 19.1. The number of amides is 1. The molecule has 0 radical (unpaired) electrons. The van der Waals surface area contributed by atoms with E-state index in [4.69, 9.17) is 9.40 Å². The molecule has 2 heterocycles. The lowest BCUT2D eigenvalue weighted by Gasteiger charge is -2.27. The number of piperazine rings is 1. The number of fused-ring (bicyclic) bond motifs is 1. The van der Waals surface area contributed by atoms with Gasteiger partial charge >= 0.3 is 0 Å². The van der Waals surface area contributed by atoms with Crippen LogP contribution in [0.1, 0.15) is 37.7 Å². The zero-order chi connectivity index (χ0) is 21.0. The normalized spacial score (nSPS) is 17.8. The molecule has 1 aliphatic heterocycles. The molecule has 32 heavy (non-hydrogen) atoms. The van der Waals surface area contributed by atoms with Crippen LogP contribution in [-0.2, 0) is 11.3 Å². The molecule has 2 aromatic carbocycles. The molecule has 3 aromatic rings. The van der Waals surface area contributed by atoms with E-state index >= 15 is 0 Å². The topological polar surface area (TPSA) is 70.4 Å². The van der Waals surface area contributed by atoms with Gasteiger partial charge in [-0.3, -0.25) is 9.69 Å². The highest BCUT2D eigenvalue weighted by molar-refractivity contribution is 5.96. The second-order valence-electron chi connectivity index (χ2n) is 8.68. The number of halogens is 1. The van der Waals surface area contributed by atoms with Crippen LogP contribution in [0.5, 0.6) is 0 Å². The van der Waals surface area contributed by atoms with Crippen molar-refractivity contribution in [3.8, 4) is 11.5 Å². The summed E-state index contributed by atoms with van der Waals surface area (Å²) in [7, 11) is 0. The van der Waals surface area contributed by atoms with E-state index in [-0.39, 0.29) is 24.2 Å². The Morgan fingerprint density at radius 1 is 1.06 bits per heavy atom. The van der Waals surface area contributed by atoms with E-state index in [9.17, 15) is 4.79 Å². The number of hydrogen-bond acceptors (Lipinski definition) is 5. The van der Waals surface area contributed by atoms with Crippen molar-refractivity contribution in [3.63, 3.8) is 0 Å². The SMILES string of the molecule is Cl.O=C(Nc1ccccc1-c1nc2cccc(CN3CCNCC3)c2o1)C1CCCCC1. The third-order valence-electron chi connectivity index (χ3n) is 6.49. The van der Waals surface area contributed by atoms with Gasteiger partial charge in [0.25, 0.3) is 0 Å². The van der Waals surface area contributed by atoms with Gasteiger partial charge in [0.2, 0.25) is 11.8 Å². The average Bonchev–Trinajstić information content (AvgIpc) is 3.26. The van der Waals surface area contributed by atoms with Crippen LogP contribution >= 0.6 is 12.4 Å². The van der Waals surface area contributed by atoms with Crippen LogP contribution in [0.4, 0.5) is 5.69 Å². The Labute approximate surface area is 195 Å². The van der Waals surface area contributed by atoms with Gasteiger partial charge in [0.05, 0.1) is 11.3 Å². The summed E-state index contributed by atoms with van der Waals surface area (Å²) < 4.78 is 6.29. The number of oxazole rings is 1. The Kier molecular flexibility index (Phi) is 7.45. The number of rotatable bonds is 5. The van der Waals surface area contributed by atoms with E-state index in [0.29, 0.717) is 5.89 Å². The van der Waals surface area contributed by atoms with Crippen molar-refractivity contribution in [2.24, 2.45) is 5.92 Å². The van der Waals surface area contributed by atoms with Crippen molar-refractivity contribution in [2.75, 3.05) is 31.5 Å². The molecular weight excluding hydrogens is 424 g/mol. The summed E-state index contributed by atoms with van der Waals surface area (Å²) in [5.41, 5.74) is 4.45. The van der Waals surface area contributed by atoms with Gasteiger partial charge < -0.3 is 15.1 Å². The first kappa shape index (κ1) is 22.8. The monoisotopic (exact) mass is 454 g/mol. The maximum Gasteiger partial charge on any atom is 0.229 e. The standard InChI is InChI=1S/C25H30N4O2.ClH/c30-24(18-7-2-1-3-8-18)27-21-11-5-4-10-20(21)25-28-22-12-6-9-19(23(22)31-25)17-29-15-13-26-14-16-29;/h4-6,9-12,18,26H,1-3,7-8,13-17H2,(H,27,30);1H. The highest BCUT2D eigenvalue weighted by Gasteiger charge is 2.23. The minimum Gasteiger partial charge on any atom is -0.436 e. The van der Waals surface area contributed by atoms with Crippen LogP contribution in [-0.4, -0.2) is 42.0 Å². The summed E-state index contributed by atoms with van der Waals surface area (Å²) in [6.45, 7) is 4.96. The van der Waals surface area contributed by atoms with Gasteiger partial charge in [-0.25, -0.2) is 4.98 Å². The molecule has 2 fully saturated rings. The first-order chi connectivity index (χ1) is 15.3. The van der Waals surface area contributed by atoms with Crippen LogP contribution in [0.2, 0.25) is 0 Å². The van der Waals surface area contributed by atoms with E-state index in [2.05, 4.69) is 21.6 Å². The number of carbonyl (C=O) groups is 1. The number of para-hydroxylation sites is 2. The van der Waals surface area contributed by atoms with Crippen LogP contribution < -0.4 is 10.6 Å². The van der Waals surface area contributed by atoms with Crippen molar-refractivity contribution in [1.82, 2.24) is 15.2 Å². The first-order valence-electron chi connectivity index (χ1n) is 11.5. The van der Waals surface area contributed by atoms with Gasteiger partial charge in [0, 0.05) is 44.2 Å². The first-order valence-corrected chi connectivity index (χ1v) is 11.5. The molecule has 0 unspecified atom stereocenters. The third-order valence-corrected chi connectivity index (χ3v) is 6.49. The summed E-state index contributed by atoms with van der Waals surface area (Å²) >= 11 is 0. The fourth-order valence-corrected chi connectivity index (χ4v) is 4.73. The number of nitrogens with one attached hydrogen (secondary N) is 2. The summed E-state index contributed by atoms with van der Waals surface area (Å²) in [6, 6.07) is 14.0. The van der Waals surface area contributed by atoms with Gasteiger partial charge in [-0.2, -0.15) is 0 Å². The average molecular weight is 455 g/mol. The molecule has 1 aliphatic carbocycles. The molecule has 1 amide bonds.